The van der Waals surface area contributed by atoms with Crippen molar-refractivity contribution in [3.63, 3.8) is 0 Å². The van der Waals surface area contributed by atoms with E-state index in [0.717, 1.165) is 18.8 Å². The number of nitrogens with zero attached hydrogens (tertiary/aromatic N) is 1. The number of nitrogens with one attached hydrogen (secondary N) is 2. The number of halogens is 2. The minimum Gasteiger partial charge on any atom is -0.382 e. The normalized spacial score (nSPS) is 10.7. The topological polar surface area (TPSA) is 72.5 Å². The predicted octanol–water partition coefficient (Wildman–Crippen LogP) is 4.21. The fourth-order valence-corrected chi connectivity index (χ4v) is 4.34. The van der Waals surface area contributed by atoms with Crippen molar-refractivity contribution in [3.8, 4) is 0 Å². The van der Waals surface area contributed by atoms with Gasteiger partial charge in [-0.1, -0.05) is 0 Å². The minimum absolute atomic E-state index is 0.285. The highest BCUT2D eigenvalue weighted by Crippen LogP contribution is 2.32. The molecule has 0 spiro atoms. The van der Waals surface area contributed by atoms with E-state index in [2.05, 4.69) is 47.5 Å². The Labute approximate surface area is 158 Å². The van der Waals surface area contributed by atoms with E-state index >= 15 is 0 Å². The first-order valence-electron chi connectivity index (χ1n) is 6.58. The Hall–Kier alpha value is -0.520. The van der Waals surface area contributed by atoms with Crippen LogP contribution in [0.2, 0.25) is 0 Å². The van der Waals surface area contributed by atoms with Crippen LogP contribution in [0, 0.1) is 0 Å². The molecule has 0 atom stereocenters. The first-order chi connectivity index (χ1) is 11.1. The molecule has 0 aliphatic carbocycles. The van der Waals surface area contributed by atoms with E-state index in [1.807, 2.05) is 11.4 Å². The van der Waals surface area contributed by atoms with E-state index in [-0.39, 0.29) is 6.03 Å². The van der Waals surface area contributed by atoms with E-state index in [4.69, 9.17) is 9.47 Å². The van der Waals surface area contributed by atoms with Crippen LogP contribution >= 0.6 is 54.5 Å². The largest absolute Gasteiger partial charge is 0.382 e. The molecule has 0 aliphatic heterocycles. The third kappa shape index (κ3) is 6.48. The number of methoxy groups -OCH3 is 1. The standard InChI is InChI=1S/C13H15Br2N3O3S2/c1-20-2-3-21-6-8-7-22-13(17-8)18-12(19)16-5-9-4-10(14)11(15)23-9/h4,7H,2-3,5-6H2,1H3,(H2,16,17,18,19). The minimum atomic E-state index is -0.285. The Morgan fingerprint density at radius 3 is 2.91 bits per heavy atom. The molecule has 2 aromatic rings. The zero-order chi connectivity index (χ0) is 16.7. The fraction of sp³-hybridized carbons (Fsp3) is 0.385. The van der Waals surface area contributed by atoms with Crippen molar-refractivity contribution in [2.75, 3.05) is 25.6 Å². The van der Waals surface area contributed by atoms with Crippen molar-refractivity contribution < 1.29 is 14.3 Å². The Balaban J connectivity index is 1.73. The number of urea groups is 1. The number of carbonyl (C=O) groups excluding carboxylic acids is 1. The zero-order valence-corrected chi connectivity index (χ0v) is 17.0. The second-order valence-corrected chi connectivity index (χ2v) is 8.50. The molecule has 2 N–H and O–H groups in total. The van der Waals surface area contributed by atoms with Gasteiger partial charge < -0.3 is 14.8 Å². The number of ether oxygens (including phenoxy) is 2. The van der Waals surface area contributed by atoms with Gasteiger partial charge in [-0.15, -0.1) is 22.7 Å². The fourth-order valence-electron chi connectivity index (χ4n) is 1.54. The van der Waals surface area contributed by atoms with Gasteiger partial charge in [0, 0.05) is 21.8 Å². The van der Waals surface area contributed by atoms with Crippen LogP contribution in [0.1, 0.15) is 10.6 Å². The number of thiophene rings is 1. The summed E-state index contributed by atoms with van der Waals surface area (Å²) in [5.74, 6) is 0. The van der Waals surface area contributed by atoms with E-state index < -0.39 is 0 Å². The van der Waals surface area contributed by atoms with Crippen molar-refractivity contribution in [1.29, 1.82) is 0 Å². The molecule has 23 heavy (non-hydrogen) atoms. The summed E-state index contributed by atoms with van der Waals surface area (Å²) < 4.78 is 12.3. The summed E-state index contributed by atoms with van der Waals surface area (Å²) in [5, 5.41) is 7.91. The summed E-state index contributed by atoms with van der Waals surface area (Å²) in [5.41, 5.74) is 0.785. The quantitative estimate of drug-likeness (QED) is 0.550. The smallest absolute Gasteiger partial charge is 0.321 e. The molecule has 2 heterocycles. The number of carbonyl (C=O) groups is 1. The lowest BCUT2D eigenvalue weighted by Crippen LogP contribution is -2.27. The first-order valence-corrected chi connectivity index (χ1v) is 9.86. The third-order valence-electron chi connectivity index (χ3n) is 2.57. The average Bonchev–Trinajstić information content (AvgIpc) is 3.09. The molecule has 0 radical (unpaired) electrons. The van der Waals surface area contributed by atoms with E-state index in [1.54, 1.807) is 18.4 Å². The van der Waals surface area contributed by atoms with Crippen molar-refractivity contribution in [1.82, 2.24) is 10.3 Å². The molecule has 6 nitrogen and oxygen atoms in total. The van der Waals surface area contributed by atoms with Crippen molar-refractivity contribution in [2.45, 2.75) is 13.2 Å². The number of rotatable bonds is 8. The van der Waals surface area contributed by atoms with Gasteiger partial charge in [0.05, 0.1) is 35.8 Å². The van der Waals surface area contributed by atoms with Crippen LogP contribution < -0.4 is 10.6 Å². The molecule has 0 bridgehead atoms. The van der Waals surface area contributed by atoms with E-state index in [0.29, 0.717) is 31.5 Å². The maximum atomic E-state index is 11.9. The lowest BCUT2D eigenvalue weighted by molar-refractivity contribution is 0.0604. The van der Waals surface area contributed by atoms with Crippen LogP contribution in [0.15, 0.2) is 19.7 Å². The highest BCUT2D eigenvalue weighted by Gasteiger charge is 2.08. The molecule has 2 amide bonds. The summed E-state index contributed by atoms with van der Waals surface area (Å²) in [6.45, 7) is 1.93. The van der Waals surface area contributed by atoms with E-state index in [1.165, 1.54) is 11.3 Å². The number of amides is 2. The second-order valence-electron chi connectivity index (χ2n) is 4.33. The Morgan fingerprint density at radius 2 is 2.22 bits per heavy atom. The van der Waals surface area contributed by atoms with Gasteiger partial charge in [-0.3, -0.25) is 5.32 Å². The maximum absolute atomic E-state index is 11.9. The van der Waals surface area contributed by atoms with Crippen LogP contribution in [0.25, 0.3) is 0 Å². The van der Waals surface area contributed by atoms with Crippen molar-refractivity contribution >= 4 is 65.7 Å². The summed E-state index contributed by atoms with van der Waals surface area (Å²) >= 11 is 9.77. The van der Waals surface area contributed by atoms with Crippen LogP contribution in [-0.2, 0) is 22.6 Å². The summed E-state index contributed by atoms with van der Waals surface area (Å²) in [4.78, 5) is 17.2. The monoisotopic (exact) mass is 483 g/mol. The molecule has 0 fully saturated rings. The van der Waals surface area contributed by atoms with Gasteiger partial charge in [0.2, 0.25) is 0 Å². The lowest BCUT2D eigenvalue weighted by atomic mass is 10.5. The number of hydrogen-bond acceptors (Lipinski definition) is 6. The Bertz CT molecular complexity index is 629. The molecule has 0 aliphatic rings. The van der Waals surface area contributed by atoms with Gasteiger partial charge in [0.15, 0.2) is 5.13 Å². The summed E-state index contributed by atoms with van der Waals surface area (Å²) in [6, 6.07) is 1.68. The van der Waals surface area contributed by atoms with Gasteiger partial charge in [0.1, 0.15) is 0 Å². The lowest BCUT2D eigenvalue weighted by Gasteiger charge is -2.03. The third-order valence-corrected chi connectivity index (χ3v) is 6.64. The van der Waals surface area contributed by atoms with Gasteiger partial charge in [0.25, 0.3) is 0 Å². The van der Waals surface area contributed by atoms with Crippen molar-refractivity contribution in [2.24, 2.45) is 0 Å². The molecule has 0 aromatic carbocycles. The Morgan fingerprint density at radius 1 is 1.39 bits per heavy atom. The first kappa shape index (κ1) is 18.8. The molecule has 2 aromatic heterocycles. The number of hydrogen-bond donors (Lipinski definition) is 2. The van der Waals surface area contributed by atoms with Crippen LogP contribution in [0.5, 0.6) is 0 Å². The van der Waals surface area contributed by atoms with Gasteiger partial charge in [-0.2, -0.15) is 0 Å². The second kappa shape index (κ2) is 9.70. The molecule has 0 saturated heterocycles. The maximum Gasteiger partial charge on any atom is 0.321 e. The molecular formula is C13H15Br2N3O3S2. The summed E-state index contributed by atoms with van der Waals surface area (Å²) in [7, 11) is 1.63. The molecule has 10 heteroatoms. The predicted molar refractivity (Wildman–Crippen MR) is 99.2 cm³/mol. The van der Waals surface area contributed by atoms with Crippen molar-refractivity contribution in [3.05, 3.63) is 30.3 Å². The highest BCUT2D eigenvalue weighted by molar-refractivity contribution is 9.13. The molecular weight excluding hydrogens is 470 g/mol. The Kier molecular flexibility index (Phi) is 7.93. The number of aromatic nitrogens is 1. The molecule has 0 unspecified atom stereocenters. The van der Waals surface area contributed by atoms with Gasteiger partial charge >= 0.3 is 6.03 Å². The van der Waals surface area contributed by atoms with Crippen LogP contribution in [0.3, 0.4) is 0 Å². The van der Waals surface area contributed by atoms with Crippen LogP contribution in [-0.4, -0.2) is 31.3 Å². The molecule has 2 rings (SSSR count). The summed E-state index contributed by atoms with van der Waals surface area (Å²) in [6.07, 6.45) is 0. The average molecular weight is 485 g/mol. The highest BCUT2D eigenvalue weighted by atomic mass is 79.9. The SMILES string of the molecule is COCCOCc1csc(NC(=O)NCc2cc(Br)c(Br)s2)n1. The number of anilines is 1. The van der Waals surface area contributed by atoms with Gasteiger partial charge in [-0.25, -0.2) is 9.78 Å². The number of thiazole rings is 1. The van der Waals surface area contributed by atoms with Gasteiger partial charge in [-0.05, 0) is 37.9 Å². The van der Waals surface area contributed by atoms with E-state index in [9.17, 15) is 4.79 Å². The van der Waals surface area contributed by atoms with Crippen LogP contribution in [0.4, 0.5) is 9.93 Å². The molecule has 0 saturated carbocycles. The zero-order valence-electron chi connectivity index (χ0n) is 12.2. The molecule has 126 valence electrons.